The number of hydrazine groups is 1. The molecule has 0 aromatic rings. The lowest BCUT2D eigenvalue weighted by Gasteiger charge is -2.23. The number of hydrogen-bond acceptors (Lipinski definition) is 3. The van der Waals surface area contributed by atoms with E-state index in [1.165, 1.54) is 0 Å². The van der Waals surface area contributed by atoms with E-state index in [1.807, 2.05) is 24.2 Å². The van der Waals surface area contributed by atoms with Crippen molar-refractivity contribution in [2.75, 3.05) is 13.6 Å². The summed E-state index contributed by atoms with van der Waals surface area (Å²) in [4.78, 5) is 0. The Labute approximate surface area is 66.8 Å². The molecule has 1 aliphatic heterocycles. The first-order valence-electron chi connectivity index (χ1n) is 3.53. The fourth-order valence-electron chi connectivity index (χ4n) is 0.974. The van der Waals surface area contributed by atoms with Gasteiger partial charge in [-0.3, -0.25) is 5.43 Å². The molecule has 1 aliphatic rings. The summed E-state index contributed by atoms with van der Waals surface area (Å²) in [6, 6.07) is 0.0498. The van der Waals surface area contributed by atoms with Crippen molar-refractivity contribution in [3.63, 3.8) is 0 Å². The van der Waals surface area contributed by atoms with Crippen LogP contribution in [0.5, 0.6) is 0 Å². The van der Waals surface area contributed by atoms with Crippen LogP contribution >= 0.6 is 0 Å². The van der Waals surface area contributed by atoms with E-state index < -0.39 is 0 Å². The van der Waals surface area contributed by atoms with Gasteiger partial charge in [-0.15, -0.1) is 5.73 Å². The number of hydrogen-bond donors (Lipinski definition) is 2. The maximum atomic E-state index is 5.57. The van der Waals surface area contributed by atoms with Gasteiger partial charge in [0.25, 0.3) is 0 Å². The molecule has 60 valence electrons. The zero-order valence-corrected chi connectivity index (χ0v) is 6.67. The second-order valence-electron chi connectivity index (χ2n) is 2.53. The maximum Gasteiger partial charge on any atom is 0.0882 e. The lowest BCUT2D eigenvalue weighted by molar-refractivity contribution is 0.227. The summed E-state index contributed by atoms with van der Waals surface area (Å²) in [7, 11) is 1.93. The van der Waals surface area contributed by atoms with Crippen LogP contribution in [0.4, 0.5) is 0 Å². The van der Waals surface area contributed by atoms with Gasteiger partial charge in [0.15, 0.2) is 0 Å². The molecule has 0 aliphatic carbocycles. The molecule has 0 aromatic carbocycles. The molecule has 11 heavy (non-hydrogen) atoms. The Morgan fingerprint density at radius 1 is 1.91 bits per heavy atom. The zero-order chi connectivity index (χ0) is 8.27. The van der Waals surface area contributed by atoms with Crippen LogP contribution in [0.15, 0.2) is 30.2 Å². The van der Waals surface area contributed by atoms with Crippen LogP contribution in [0.25, 0.3) is 0 Å². The Morgan fingerprint density at radius 2 is 2.64 bits per heavy atom. The van der Waals surface area contributed by atoms with Gasteiger partial charge in [0.1, 0.15) is 0 Å². The van der Waals surface area contributed by atoms with Crippen LogP contribution in [0.3, 0.4) is 0 Å². The molecule has 3 heteroatoms. The Morgan fingerprint density at radius 3 is 3.27 bits per heavy atom. The summed E-state index contributed by atoms with van der Waals surface area (Å²) in [5.41, 5.74) is 12.3. The van der Waals surface area contributed by atoms with Gasteiger partial charge in [0.05, 0.1) is 6.04 Å². The van der Waals surface area contributed by atoms with E-state index in [-0.39, 0.29) is 6.04 Å². The van der Waals surface area contributed by atoms with Gasteiger partial charge in [0, 0.05) is 19.3 Å². The molecular weight excluding hydrogens is 138 g/mol. The molecule has 0 amide bonds. The van der Waals surface area contributed by atoms with Gasteiger partial charge in [-0.25, -0.2) is 5.01 Å². The fraction of sp³-hybridized carbons (Fsp3) is 0.375. The number of nitrogens with one attached hydrogen (secondary N) is 1. The summed E-state index contributed by atoms with van der Waals surface area (Å²) in [6.07, 6.45) is 3.81. The Balaban J connectivity index is 2.74. The van der Waals surface area contributed by atoms with Gasteiger partial charge in [-0.2, -0.15) is 0 Å². The van der Waals surface area contributed by atoms with Crippen LogP contribution in [-0.4, -0.2) is 24.6 Å². The lowest BCUT2D eigenvalue weighted by Crippen LogP contribution is -2.43. The van der Waals surface area contributed by atoms with Crippen LogP contribution < -0.4 is 11.2 Å². The highest BCUT2D eigenvalue weighted by molar-refractivity contribution is 5.12. The minimum absolute atomic E-state index is 0.0498. The zero-order valence-electron chi connectivity index (χ0n) is 6.67. The first-order valence-corrected chi connectivity index (χ1v) is 3.53. The van der Waals surface area contributed by atoms with Gasteiger partial charge >= 0.3 is 0 Å². The Hall–Kier alpha value is -1.02. The largest absolute Gasteiger partial charge is 0.401 e. The molecule has 0 bridgehead atoms. The highest BCUT2D eigenvalue weighted by Gasteiger charge is 2.12. The minimum atomic E-state index is 0.0498. The molecular formula is C8H13N3. The molecule has 0 saturated heterocycles. The molecule has 0 aromatic heterocycles. The Bertz CT molecular complexity index is 213. The molecule has 1 atom stereocenters. The van der Waals surface area contributed by atoms with Crippen molar-refractivity contribution in [2.24, 2.45) is 5.73 Å². The number of rotatable bonds is 1. The molecule has 0 saturated carbocycles. The van der Waals surface area contributed by atoms with Crippen molar-refractivity contribution in [1.82, 2.24) is 10.4 Å². The monoisotopic (exact) mass is 151 g/mol. The molecule has 1 unspecified atom stereocenters. The van der Waals surface area contributed by atoms with E-state index in [1.54, 1.807) is 0 Å². The summed E-state index contributed by atoms with van der Waals surface area (Å²) < 4.78 is 0. The summed E-state index contributed by atoms with van der Waals surface area (Å²) in [5.74, 6) is 0. The predicted molar refractivity (Wildman–Crippen MR) is 45.5 cm³/mol. The van der Waals surface area contributed by atoms with E-state index >= 15 is 0 Å². The van der Waals surface area contributed by atoms with Crippen molar-refractivity contribution in [1.29, 1.82) is 0 Å². The first-order chi connectivity index (χ1) is 5.22. The second-order valence-corrected chi connectivity index (χ2v) is 2.53. The smallest absolute Gasteiger partial charge is 0.0882 e. The highest BCUT2D eigenvalue weighted by atomic mass is 15.5. The average molecular weight is 151 g/mol. The van der Waals surface area contributed by atoms with Crippen molar-refractivity contribution < 1.29 is 0 Å². The summed E-state index contributed by atoms with van der Waals surface area (Å²) >= 11 is 0. The van der Waals surface area contributed by atoms with E-state index in [2.05, 4.69) is 17.7 Å². The predicted octanol–water partition coefficient (Wildman–Crippen LogP) is -0.0113. The molecule has 3 N–H and O–H groups in total. The van der Waals surface area contributed by atoms with E-state index in [4.69, 9.17) is 5.73 Å². The normalized spacial score (nSPS) is 25.0. The molecule has 1 heterocycles. The van der Waals surface area contributed by atoms with Gasteiger partial charge in [0.2, 0.25) is 0 Å². The Kier molecular flexibility index (Phi) is 2.49. The van der Waals surface area contributed by atoms with Crippen molar-refractivity contribution in [2.45, 2.75) is 6.04 Å². The van der Waals surface area contributed by atoms with Crippen LogP contribution in [-0.2, 0) is 0 Å². The third-order valence-electron chi connectivity index (χ3n) is 1.61. The quantitative estimate of drug-likeness (QED) is 0.518. The number of likely N-dealkylation sites (N-methyl/N-ethyl adjacent to an activating group) is 1. The van der Waals surface area contributed by atoms with Gasteiger partial charge in [-0.1, -0.05) is 6.58 Å². The maximum absolute atomic E-state index is 5.57. The number of nitrogens with zero attached hydrogens (tertiary/aromatic N) is 1. The molecule has 0 fully saturated rings. The second kappa shape index (κ2) is 3.39. The third kappa shape index (κ3) is 1.95. The molecule has 1 rings (SSSR count). The summed E-state index contributed by atoms with van der Waals surface area (Å²) in [6.45, 7) is 4.47. The summed E-state index contributed by atoms with van der Waals surface area (Å²) in [5, 5.41) is 1.92. The topological polar surface area (TPSA) is 41.3 Å². The standard InChI is InChI=1S/C8H13N3/c1-7(9)8-5-3-4-6-10-11(8)2/h4-5,8,10H,1,6,9H2,2H3. The molecule has 0 spiro atoms. The van der Waals surface area contributed by atoms with Crippen LogP contribution in [0.1, 0.15) is 0 Å². The van der Waals surface area contributed by atoms with E-state index in [0.717, 1.165) is 6.54 Å². The highest BCUT2D eigenvalue weighted by Crippen LogP contribution is 2.02. The lowest BCUT2D eigenvalue weighted by atomic mass is 10.2. The van der Waals surface area contributed by atoms with Gasteiger partial charge in [-0.05, 0) is 12.2 Å². The third-order valence-corrected chi connectivity index (χ3v) is 1.61. The molecule has 0 radical (unpaired) electrons. The van der Waals surface area contributed by atoms with Crippen molar-refractivity contribution in [3.05, 3.63) is 30.2 Å². The van der Waals surface area contributed by atoms with Crippen molar-refractivity contribution in [3.8, 4) is 0 Å². The number of nitrogens with two attached hydrogens (primary N) is 1. The van der Waals surface area contributed by atoms with Crippen molar-refractivity contribution >= 4 is 0 Å². The minimum Gasteiger partial charge on any atom is -0.401 e. The van der Waals surface area contributed by atoms with Crippen LogP contribution in [0.2, 0.25) is 0 Å². The first kappa shape index (κ1) is 8.08. The van der Waals surface area contributed by atoms with Crippen LogP contribution in [0, 0.1) is 0 Å². The average Bonchev–Trinajstić information content (AvgIpc) is 2.13. The SMILES string of the molecule is C=C(N)C1C=C=CCNN1C. The molecule has 3 nitrogen and oxygen atoms in total. The fourth-order valence-corrected chi connectivity index (χ4v) is 0.974. The van der Waals surface area contributed by atoms with E-state index in [0.29, 0.717) is 5.70 Å². The van der Waals surface area contributed by atoms with E-state index in [9.17, 15) is 0 Å². The van der Waals surface area contributed by atoms with Gasteiger partial charge < -0.3 is 5.73 Å².